The molecule has 27 heavy (non-hydrogen) atoms. The summed E-state index contributed by atoms with van der Waals surface area (Å²) in [6, 6.07) is 25.8. The van der Waals surface area contributed by atoms with Crippen molar-refractivity contribution in [2.75, 3.05) is 5.75 Å². The van der Waals surface area contributed by atoms with Crippen molar-refractivity contribution in [1.82, 2.24) is 10.2 Å². The van der Waals surface area contributed by atoms with E-state index in [4.69, 9.17) is 0 Å². The van der Waals surface area contributed by atoms with Gasteiger partial charge in [-0.1, -0.05) is 96.2 Å². The number of thioether (sulfide) groups is 1. The summed E-state index contributed by atoms with van der Waals surface area (Å²) < 4.78 is 0. The molecule has 0 saturated carbocycles. The fraction of sp³-hybridized carbons (Fsp3) is 0.0870. The van der Waals surface area contributed by atoms with Crippen molar-refractivity contribution >= 4 is 28.3 Å². The van der Waals surface area contributed by atoms with Gasteiger partial charge >= 0.3 is 0 Å². The number of carbonyl (C=O) groups excluding carboxylic acids is 1. The molecule has 4 heteroatoms. The Morgan fingerprint density at radius 1 is 0.815 bits per heavy atom. The van der Waals surface area contributed by atoms with E-state index in [2.05, 4.69) is 16.3 Å². The highest BCUT2D eigenvalue weighted by Gasteiger charge is 2.13. The molecule has 0 atom stereocenters. The first kappa shape index (κ1) is 17.4. The van der Waals surface area contributed by atoms with Crippen LogP contribution in [0.15, 0.2) is 83.9 Å². The lowest BCUT2D eigenvalue weighted by molar-refractivity contribution is 0.102. The molecule has 0 N–H and O–H groups in total. The van der Waals surface area contributed by atoms with Crippen molar-refractivity contribution in [2.24, 2.45) is 0 Å². The summed E-state index contributed by atoms with van der Waals surface area (Å²) in [4.78, 5) is 12.5. The van der Waals surface area contributed by atoms with Crippen LogP contribution in [0.3, 0.4) is 0 Å². The lowest BCUT2D eigenvalue weighted by Gasteiger charge is -2.09. The molecule has 1 heterocycles. The maximum Gasteiger partial charge on any atom is 0.173 e. The monoisotopic (exact) mass is 370 g/mol. The van der Waals surface area contributed by atoms with Crippen LogP contribution in [0.1, 0.15) is 15.9 Å². The molecule has 0 aliphatic heterocycles. The van der Waals surface area contributed by atoms with Crippen LogP contribution in [0.2, 0.25) is 0 Å². The van der Waals surface area contributed by atoms with Gasteiger partial charge in [-0.25, -0.2) is 0 Å². The molecule has 0 fully saturated rings. The van der Waals surface area contributed by atoms with Gasteiger partial charge in [0.2, 0.25) is 0 Å². The average molecular weight is 370 g/mol. The molecule has 0 bridgehead atoms. The standard InChI is InChI=1S/C23H18N2OS/c1-16-11-13-17(14-12-16)21(26)15-27-23-20-10-6-5-9-19(20)22(24-25-23)18-7-3-2-4-8-18/h2-14H,15H2,1H3. The van der Waals surface area contributed by atoms with E-state index in [1.54, 1.807) is 0 Å². The number of Topliss-reactive ketones (excluding diaryl/α,β-unsaturated/α-hetero) is 1. The smallest absolute Gasteiger partial charge is 0.173 e. The number of benzene rings is 3. The number of ketones is 1. The van der Waals surface area contributed by atoms with Crippen molar-refractivity contribution in [3.8, 4) is 11.3 Å². The summed E-state index contributed by atoms with van der Waals surface area (Å²) in [5.74, 6) is 0.435. The van der Waals surface area contributed by atoms with E-state index in [0.29, 0.717) is 5.75 Å². The highest BCUT2D eigenvalue weighted by Crippen LogP contribution is 2.31. The fourth-order valence-corrected chi connectivity index (χ4v) is 3.82. The Balaban J connectivity index is 1.63. The molecule has 4 aromatic rings. The summed E-state index contributed by atoms with van der Waals surface area (Å²) >= 11 is 1.44. The first-order valence-corrected chi connectivity index (χ1v) is 9.74. The number of aryl methyl sites for hydroxylation is 1. The molecular weight excluding hydrogens is 352 g/mol. The molecule has 3 aromatic carbocycles. The van der Waals surface area contributed by atoms with E-state index in [1.165, 1.54) is 11.8 Å². The van der Waals surface area contributed by atoms with E-state index in [1.807, 2.05) is 79.7 Å². The average Bonchev–Trinajstić information content (AvgIpc) is 2.73. The Morgan fingerprint density at radius 2 is 1.48 bits per heavy atom. The summed E-state index contributed by atoms with van der Waals surface area (Å²) in [6.07, 6.45) is 0. The third-order valence-corrected chi connectivity index (χ3v) is 5.40. The second kappa shape index (κ2) is 7.72. The number of aromatic nitrogens is 2. The number of rotatable bonds is 5. The SMILES string of the molecule is Cc1ccc(C(=O)CSc2nnc(-c3ccccc3)c3ccccc23)cc1. The van der Waals surface area contributed by atoms with Gasteiger partial charge in [0.1, 0.15) is 10.7 Å². The van der Waals surface area contributed by atoms with Gasteiger partial charge < -0.3 is 0 Å². The fourth-order valence-electron chi connectivity index (χ4n) is 2.95. The largest absolute Gasteiger partial charge is 0.293 e. The van der Waals surface area contributed by atoms with Gasteiger partial charge in [0.05, 0.1) is 5.75 Å². The predicted molar refractivity (Wildman–Crippen MR) is 111 cm³/mol. The van der Waals surface area contributed by atoms with Crippen LogP contribution in [0.25, 0.3) is 22.0 Å². The topological polar surface area (TPSA) is 42.9 Å². The van der Waals surface area contributed by atoms with Crippen LogP contribution in [0.4, 0.5) is 0 Å². The van der Waals surface area contributed by atoms with Crippen molar-refractivity contribution in [1.29, 1.82) is 0 Å². The zero-order valence-corrected chi connectivity index (χ0v) is 15.7. The van der Waals surface area contributed by atoms with Crippen molar-refractivity contribution in [3.63, 3.8) is 0 Å². The van der Waals surface area contributed by atoms with Crippen LogP contribution in [0.5, 0.6) is 0 Å². The maximum absolute atomic E-state index is 12.5. The van der Waals surface area contributed by atoms with Crippen LogP contribution in [-0.2, 0) is 0 Å². The van der Waals surface area contributed by atoms with Crippen molar-refractivity contribution in [2.45, 2.75) is 11.9 Å². The summed E-state index contributed by atoms with van der Waals surface area (Å²) in [5, 5.41) is 11.7. The van der Waals surface area contributed by atoms with Crippen LogP contribution in [0, 0.1) is 6.92 Å². The maximum atomic E-state index is 12.5. The third-order valence-electron chi connectivity index (χ3n) is 4.41. The first-order chi connectivity index (χ1) is 13.2. The number of carbonyl (C=O) groups is 1. The molecule has 1 aromatic heterocycles. The van der Waals surface area contributed by atoms with E-state index in [9.17, 15) is 4.79 Å². The van der Waals surface area contributed by atoms with Gasteiger partial charge in [-0.3, -0.25) is 4.79 Å². The summed E-state index contributed by atoms with van der Waals surface area (Å²) in [7, 11) is 0. The Bertz CT molecular complexity index is 1090. The van der Waals surface area contributed by atoms with Crippen molar-refractivity contribution < 1.29 is 4.79 Å². The van der Waals surface area contributed by atoms with Crippen molar-refractivity contribution in [3.05, 3.63) is 90.0 Å². The van der Waals surface area contributed by atoms with Gasteiger partial charge in [0.25, 0.3) is 0 Å². The second-order valence-corrected chi connectivity index (χ2v) is 7.31. The molecule has 0 unspecified atom stereocenters. The molecular formula is C23H18N2OS. The quantitative estimate of drug-likeness (QED) is 0.340. The van der Waals surface area contributed by atoms with Gasteiger partial charge in [-0.15, -0.1) is 10.2 Å². The van der Waals surface area contributed by atoms with E-state index in [-0.39, 0.29) is 5.78 Å². The second-order valence-electron chi connectivity index (χ2n) is 6.34. The zero-order valence-electron chi connectivity index (χ0n) is 14.9. The lowest BCUT2D eigenvalue weighted by Crippen LogP contribution is -2.03. The van der Waals surface area contributed by atoms with Crippen LogP contribution in [-0.4, -0.2) is 21.7 Å². The predicted octanol–water partition coefficient (Wildman–Crippen LogP) is 5.58. The number of hydrogen-bond donors (Lipinski definition) is 0. The van der Waals surface area contributed by atoms with Crippen LogP contribution < -0.4 is 0 Å². The molecule has 0 radical (unpaired) electrons. The Hall–Kier alpha value is -2.98. The summed E-state index contributed by atoms with van der Waals surface area (Å²) in [6.45, 7) is 2.01. The number of fused-ring (bicyclic) bond motifs is 1. The highest BCUT2D eigenvalue weighted by atomic mass is 32.2. The van der Waals surface area contributed by atoms with Gasteiger partial charge in [0.15, 0.2) is 5.78 Å². The molecule has 0 aliphatic rings. The van der Waals surface area contributed by atoms with Crippen LogP contribution >= 0.6 is 11.8 Å². The van der Waals surface area contributed by atoms with Gasteiger partial charge in [0, 0.05) is 21.9 Å². The molecule has 0 aliphatic carbocycles. The first-order valence-electron chi connectivity index (χ1n) is 8.76. The minimum absolute atomic E-state index is 0.0954. The lowest BCUT2D eigenvalue weighted by atomic mass is 10.1. The number of nitrogens with zero attached hydrogens (tertiary/aromatic N) is 2. The molecule has 132 valence electrons. The van der Waals surface area contributed by atoms with Gasteiger partial charge in [-0.2, -0.15) is 0 Å². The highest BCUT2D eigenvalue weighted by molar-refractivity contribution is 8.00. The summed E-state index contributed by atoms with van der Waals surface area (Å²) in [5.41, 5.74) is 3.77. The molecule has 0 saturated heterocycles. The Labute approximate surface area is 162 Å². The molecule has 4 rings (SSSR count). The van der Waals surface area contributed by atoms with Gasteiger partial charge in [-0.05, 0) is 6.92 Å². The Morgan fingerprint density at radius 3 is 2.22 bits per heavy atom. The zero-order chi connectivity index (χ0) is 18.6. The van der Waals surface area contributed by atoms with E-state index in [0.717, 1.165) is 38.2 Å². The normalized spacial score (nSPS) is 10.9. The van der Waals surface area contributed by atoms with E-state index >= 15 is 0 Å². The molecule has 0 spiro atoms. The number of hydrogen-bond acceptors (Lipinski definition) is 4. The third kappa shape index (κ3) is 3.76. The molecule has 0 amide bonds. The minimum Gasteiger partial charge on any atom is -0.293 e. The minimum atomic E-state index is 0.0954. The molecule has 3 nitrogen and oxygen atoms in total. The Kier molecular flexibility index (Phi) is 4.99. The van der Waals surface area contributed by atoms with E-state index < -0.39 is 0 Å².